The molecule has 4 heteroatoms. The zero-order chi connectivity index (χ0) is 13.0. The van der Waals surface area contributed by atoms with Crippen molar-refractivity contribution in [2.75, 3.05) is 5.32 Å². The van der Waals surface area contributed by atoms with Gasteiger partial charge in [-0.1, -0.05) is 12.0 Å². The maximum absolute atomic E-state index is 12.7. The van der Waals surface area contributed by atoms with E-state index in [1.807, 2.05) is 0 Å². The number of carbonyl (C=O) groups excluding carboxylic acids is 1. The number of nitrogens with one attached hydrogen (secondary N) is 1. The second-order valence-electron chi connectivity index (χ2n) is 3.54. The van der Waals surface area contributed by atoms with Crippen molar-refractivity contribution in [1.29, 1.82) is 0 Å². The highest BCUT2D eigenvalue weighted by atomic mass is 19.1. The molecule has 2 rings (SSSR count). The quantitative estimate of drug-likeness (QED) is 0.819. The number of carbonyl (C=O) groups is 1. The summed E-state index contributed by atoms with van der Waals surface area (Å²) in [6.07, 6.45) is 6.25. The van der Waals surface area contributed by atoms with Crippen LogP contribution in [0.15, 0.2) is 42.6 Å². The van der Waals surface area contributed by atoms with Crippen molar-refractivity contribution in [3.8, 4) is 12.3 Å². The predicted molar refractivity (Wildman–Crippen MR) is 66.5 cm³/mol. The van der Waals surface area contributed by atoms with E-state index in [2.05, 4.69) is 16.2 Å². The summed E-state index contributed by atoms with van der Waals surface area (Å²) in [5.74, 6) is 1.57. The van der Waals surface area contributed by atoms with Gasteiger partial charge in [-0.15, -0.1) is 6.42 Å². The van der Waals surface area contributed by atoms with E-state index in [-0.39, 0.29) is 5.69 Å². The standard InChI is InChI=1S/C14H9FN2O/c1-2-10-4-3-5-12(8-10)17-14(18)13-7-6-11(15)9-16-13/h1,3-9H,(H,17,18). The summed E-state index contributed by atoms with van der Waals surface area (Å²) < 4.78 is 12.7. The number of rotatable bonds is 2. The highest BCUT2D eigenvalue weighted by Gasteiger charge is 2.07. The van der Waals surface area contributed by atoms with Crippen LogP contribution in [-0.2, 0) is 0 Å². The Bertz CT molecular complexity index is 614. The van der Waals surface area contributed by atoms with Crippen LogP contribution in [0.3, 0.4) is 0 Å². The van der Waals surface area contributed by atoms with Gasteiger partial charge in [0.05, 0.1) is 6.20 Å². The molecule has 0 radical (unpaired) electrons. The third-order valence-corrected chi connectivity index (χ3v) is 2.25. The van der Waals surface area contributed by atoms with Crippen LogP contribution in [0.5, 0.6) is 0 Å². The van der Waals surface area contributed by atoms with Gasteiger partial charge >= 0.3 is 0 Å². The lowest BCUT2D eigenvalue weighted by Gasteiger charge is -2.04. The maximum Gasteiger partial charge on any atom is 0.274 e. The fourth-order valence-electron chi connectivity index (χ4n) is 1.39. The molecule has 0 fully saturated rings. The molecule has 0 atom stereocenters. The van der Waals surface area contributed by atoms with Crippen molar-refractivity contribution in [3.63, 3.8) is 0 Å². The second-order valence-corrected chi connectivity index (χ2v) is 3.54. The van der Waals surface area contributed by atoms with Gasteiger partial charge in [0.25, 0.3) is 5.91 Å². The topological polar surface area (TPSA) is 42.0 Å². The monoisotopic (exact) mass is 240 g/mol. The van der Waals surface area contributed by atoms with Crippen LogP contribution in [-0.4, -0.2) is 10.9 Å². The molecule has 2 aromatic rings. The van der Waals surface area contributed by atoms with E-state index in [0.29, 0.717) is 11.3 Å². The van der Waals surface area contributed by atoms with Gasteiger partial charge in [0.15, 0.2) is 0 Å². The fraction of sp³-hybridized carbons (Fsp3) is 0. The van der Waals surface area contributed by atoms with Crippen molar-refractivity contribution in [2.24, 2.45) is 0 Å². The lowest BCUT2D eigenvalue weighted by atomic mass is 10.2. The number of pyridine rings is 1. The minimum Gasteiger partial charge on any atom is -0.321 e. The second kappa shape index (κ2) is 5.11. The summed E-state index contributed by atoms with van der Waals surface area (Å²) in [6, 6.07) is 9.37. The predicted octanol–water partition coefficient (Wildman–Crippen LogP) is 2.45. The lowest BCUT2D eigenvalue weighted by molar-refractivity contribution is 0.102. The molecule has 1 amide bonds. The molecule has 0 spiro atoms. The molecule has 0 aliphatic carbocycles. The Morgan fingerprint density at radius 3 is 2.83 bits per heavy atom. The van der Waals surface area contributed by atoms with Gasteiger partial charge in [-0.05, 0) is 30.3 Å². The third kappa shape index (κ3) is 2.71. The van der Waals surface area contributed by atoms with Crippen LogP contribution in [0.2, 0.25) is 0 Å². The molecule has 0 aliphatic heterocycles. The SMILES string of the molecule is C#Cc1cccc(NC(=O)c2ccc(F)cn2)c1. The van der Waals surface area contributed by atoms with Gasteiger partial charge < -0.3 is 5.32 Å². The number of nitrogens with zero attached hydrogens (tertiary/aromatic N) is 1. The van der Waals surface area contributed by atoms with E-state index < -0.39 is 11.7 Å². The van der Waals surface area contributed by atoms with E-state index in [4.69, 9.17) is 6.42 Å². The number of aromatic nitrogens is 1. The number of terminal acetylenes is 1. The smallest absolute Gasteiger partial charge is 0.274 e. The maximum atomic E-state index is 12.7. The number of benzene rings is 1. The average molecular weight is 240 g/mol. The van der Waals surface area contributed by atoms with Crippen molar-refractivity contribution in [3.05, 3.63) is 59.7 Å². The first-order valence-electron chi connectivity index (χ1n) is 5.18. The highest BCUT2D eigenvalue weighted by molar-refractivity contribution is 6.02. The molecule has 1 aromatic carbocycles. The van der Waals surface area contributed by atoms with Crippen molar-refractivity contribution >= 4 is 11.6 Å². The summed E-state index contributed by atoms with van der Waals surface area (Å²) >= 11 is 0. The summed E-state index contributed by atoms with van der Waals surface area (Å²) in [5, 5.41) is 2.63. The molecule has 1 N–H and O–H groups in total. The van der Waals surface area contributed by atoms with E-state index in [0.717, 1.165) is 6.20 Å². The molecule has 0 unspecified atom stereocenters. The average Bonchev–Trinajstić information content (AvgIpc) is 2.39. The summed E-state index contributed by atoms with van der Waals surface area (Å²) in [5.41, 5.74) is 1.38. The minimum absolute atomic E-state index is 0.141. The largest absolute Gasteiger partial charge is 0.321 e. The van der Waals surface area contributed by atoms with Crippen molar-refractivity contribution in [1.82, 2.24) is 4.98 Å². The van der Waals surface area contributed by atoms with Gasteiger partial charge in [0, 0.05) is 11.3 Å². The zero-order valence-corrected chi connectivity index (χ0v) is 9.35. The molecule has 18 heavy (non-hydrogen) atoms. The van der Waals surface area contributed by atoms with Gasteiger partial charge in [-0.3, -0.25) is 4.79 Å². The molecule has 3 nitrogen and oxygen atoms in total. The molecular formula is C14H9FN2O. The van der Waals surface area contributed by atoms with Crippen LogP contribution in [0.25, 0.3) is 0 Å². The van der Waals surface area contributed by atoms with E-state index in [9.17, 15) is 9.18 Å². The molecule has 1 heterocycles. The zero-order valence-electron chi connectivity index (χ0n) is 9.35. The molecular weight excluding hydrogens is 231 g/mol. The lowest BCUT2D eigenvalue weighted by Crippen LogP contribution is -2.13. The Kier molecular flexibility index (Phi) is 3.35. The van der Waals surface area contributed by atoms with Gasteiger partial charge in [0.2, 0.25) is 0 Å². The number of anilines is 1. The van der Waals surface area contributed by atoms with E-state index in [1.54, 1.807) is 24.3 Å². The van der Waals surface area contributed by atoms with E-state index >= 15 is 0 Å². The van der Waals surface area contributed by atoms with Gasteiger partial charge in [0.1, 0.15) is 11.5 Å². The fourth-order valence-corrected chi connectivity index (χ4v) is 1.39. The first kappa shape index (κ1) is 11.8. The Morgan fingerprint density at radius 2 is 2.17 bits per heavy atom. The molecule has 0 aliphatic rings. The Balaban J connectivity index is 2.16. The number of halogens is 1. The van der Waals surface area contributed by atoms with Crippen LogP contribution in [0, 0.1) is 18.2 Å². The summed E-state index contributed by atoms with van der Waals surface area (Å²) in [7, 11) is 0. The molecule has 0 saturated heterocycles. The first-order valence-corrected chi connectivity index (χ1v) is 5.18. The first-order chi connectivity index (χ1) is 8.69. The van der Waals surface area contributed by atoms with E-state index in [1.165, 1.54) is 12.1 Å². The Morgan fingerprint density at radius 1 is 1.33 bits per heavy atom. The van der Waals surface area contributed by atoms with Crippen molar-refractivity contribution < 1.29 is 9.18 Å². The molecule has 0 bridgehead atoms. The molecule has 88 valence electrons. The minimum atomic E-state index is -0.485. The van der Waals surface area contributed by atoms with Crippen LogP contribution in [0.1, 0.15) is 16.1 Å². The Labute approximate surface area is 104 Å². The summed E-state index contributed by atoms with van der Waals surface area (Å²) in [4.78, 5) is 15.5. The van der Waals surface area contributed by atoms with Crippen LogP contribution < -0.4 is 5.32 Å². The van der Waals surface area contributed by atoms with Gasteiger partial charge in [-0.2, -0.15) is 0 Å². The highest BCUT2D eigenvalue weighted by Crippen LogP contribution is 2.11. The Hall–Kier alpha value is -2.67. The number of amides is 1. The normalized spacial score (nSPS) is 9.56. The number of hydrogen-bond acceptors (Lipinski definition) is 2. The summed E-state index contributed by atoms with van der Waals surface area (Å²) in [6.45, 7) is 0. The van der Waals surface area contributed by atoms with Gasteiger partial charge in [-0.25, -0.2) is 9.37 Å². The van der Waals surface area contributed by atoms with Crippen molar-refractivity contribution in [2.45, 2.75) is 0 Å². The molecule has 1 aromatic heterocycles. The van der Waals surface area contributed by atoms with Crippen LogP contribution >= 0.6 is 0 Å². The number of hydrogen-bond donors (Lipinski definition) is 1. The van der Waals surface area contributed by atoms with Crippen LogP contribution in [0.4, 0.5) is 10.1 Å². The molecule has 0 saturated carbocycles. The third-order valence-electron chi connectivity index (χ3n) is 2.25.